The van der Waals surface area contributed by atoms with E-state index >= 15 is 0 Å². The van der Waals surface area contributed by atoms with Crippen LogP contribution in [-0.4, -0.2) is 70.6 Å². The summed E-state index contributed by atoms with van der Waals surface area (Å²) in [5.74, 6) is 0.976. The summed E-state index contributed by atoms with van der Waals surface area (Å²) in [5, 5.41) is 0.400. The predicted octanol–water partition coefficient (Wildman–Crippen LogP) is 5.31. The molecule has 9 heteroatoms. The Bertz CT molecular complexity index is 1400. The van der Waals surface area contributed by atoms with Gasteiger partial charge in [-0.2, -0.15) is 0 Å². The second-order valence-electron chi connectivity index (χ2n) is 9.59. The van der Waals surface area contributed by atoms with E-state index in [1.807, 2.05) is 49.4 Å². The molecular weight excluding hydrogens is 524 g/mol. The summed E-state index contributed by atoms with van der Waals surface area (Å²) >= 11 is 6.86. The van der Waals surface area contributed by atoms with Crippen molar-refractivity contribution < 1.29 is 9.59 Å². The molecular formula is C31H35ClN6O2. The Balaban J connectivity index is 1.92. The fourth-order valence-electron chi connectivity index (χ4n) is 5.25. The fraction of sp³-hybridized carbons (Fsp3) is 0.323. The van der Waals surface area contributed by atoms with Gasteiger partial charge in [-0.25, -0.2) is 4.98 Å². The zero-order valence-corrected chi connectivity index (χ0v) is 24.2. The molecule has 2 amide bonds. The van der Waals surface area contributed by atoms with Crippen molar-refractivity contribution in [1.29, 1.82) is 0 Å². The number of para-hydroxylation sites is 1. The first-order chi connectivity index (χ1) is 19.4. The highest BCUT2D eigenvalue weighted by Gasteiger charge is 2.32. The van der Waals surface area contributed by atoms with Gasteiger partial charge < -0.3 is 9.80 Å². The third-order valence-electron chi connectivity index (χ3n) is 7.24. The maximum Gasteiger partial charge on any atom is 0.246 e. The van der Waals surface area contributed by atoms with Gasteiger partial charge in [-0.05, 0) is 55.2 Å². The number of piperazine rings is 1. The van der Waals surface area contributed by atoms with E-state index in [4.69, 9.17) is 16.6 Å². The van der Waals surface area contributed by atoms with E-state index in [1.165, 1.54) is 6.08 Å². The van der Waals surface area contributed by atoms with E-state index in [-0.39, 0.29) is 11.9 Å². The van der Waals surface area contributed by atoms with Crippen LogP contribution in [0.15, 0.2) is 66.3 Å². The molecule has 1 unspecified atom stereocenters. The summed E-state index contributed by atoms with van der Waals surface area (Å²) in [6, 6.07) is 13.4. The van der Waals surface area contributed by atoms with Crippen molar-refractivity contribution >= 4 is 41.3 Å². The molecule has 1 fully saturated rings. The van der Waals surface area contributed by atoms with Crippen molar-refractivity contribution in [2.24, 2.45) is 4.99 Å². The van der Waals surface area contributed by atoms with E-state index in [0.29, 0.717) is 53.3 Å². The van der Waals surface area contributed by atoms with Crippen molar-refractivity contribution in [3.8, 4) is 11.4 Å². The number of aryl methyl sites for hydroxylation is 2. The van der Waals surface area contributed by atoms with Crippen LogP contribution < -0.4 is 4.90 Å². The monoisotopic (exact) mass is 558 g/mol. The zero-order chi connectivity index (χ0) is 28.8. The standard InChI is InChI=1S/C31H35ClN6O2/c1-6-22-12-11-13-23(7-2)29(22)38(20-39)31-24(18-25(32)28(35-31)26-14-9-10-15-34-26)30(33-5)37-17-16-36(19-21(37)4)27(40)8-3/h8-15,18,20-21H,3,6-7,16-17,19H2,1-2,4-5H3/b33-30+. The molecule has 0 bridgehead atoms. The number of carbonyl (C=O) groups excluding carboxylic acids is 2. The lowest BCUT2D eigenvalue weighted by Gasteiger charge is -2.41. The Hall–Kier alpha value is -4.04. The molecule has 1 atom stereocenters. The van der Waals surface area contributed by atoms with E-state index in [9.17, 15) is 9.59 Å². The van der Waals surface area contributed by atoms with Crippen LogP contribution in [0.5, 0.6) is 0 Å². The molecule has 0 saturated carbocycles. The van der Waals surface area contributed by atoms with Gasteiger partial charge in [0.25, 0.3) is 0 Å². The number of hydrogen-bond acceptors (Lipinski definition) is 5. The number of amidine groups is 1. The first-order valence-electron chi connectivity index (χ1n) is 13.5. The number of halogens is 1. The predicted molar refractivity (Wildman–Crippen MR) is 161 cm³/mol. The minimum absolute atomic E-state index is 0.0442. The summed E-state index contributed by atoms with van der Waals surface area (Å²) < 4.78 is 0. The highest BCUT2D eigenvalue weighted by molar-refractivity contribution is 6.33. The second-order valence-corrected chi connectivity index (χ2v) is 10.00. The summed E-state index contributed by atoms with van der Waals surface area (Å²) in [5.41, 5.74) is 4.59. The Morgan fingerprint density at radius 1 is 1.18 bits per heavy atom. The molecule has 8 nitrogen and oxygen atoms in total. The number of benzene rings is 1. The summed E-state index contributed by atoms with van der Waals surface area (Å²) in [4.78, 5) is 44.9. The van der Waals surface area contributed by atoms with Crippen LogP contribution in [0.1, 0.15) is 37.5 Å². The van der Waals surface area contributed by atoms with Crippen molar-refractivity contribution in [2.75, 3.05) is 31.6 Å². The SMILES string of the molecule is C=CC(=O)N1CCN(/C(=N/C)c2cc(Cl)c(-c3ccccn3)nc2N(C=O)c2c(CC)cccc2CC)C(C)C1. The van der Waals surface area contributed by atoms with Gasteiger partial charge in [0.2, 0.25) is 12.3 Å². The summed E-state index contributed by atoms with van der Waals surface area (Å²) in [6.45, 7) is 11.4. The van der Waals surface area contributed by atoms with Crippen LogP contribution in [0.2, 0.25) is 5.02 Å². The van der Waals surface area contributed by atoms with E-state index in [2.05, 4.69) is 35.3 Å². The van der Waals surface area contributed by atoms with Crippen molar-refractivity contribution in [2.45, 2.75) is 39.7 Å². The van der Waals surface area contributed by atoms with E-state index in [0.717, 1.165) is 36.1 Å². The number of pyridine rings is 2. The van der Waals surface area contributed by atoms with Crippen molar-refractivity contribution in [1.82, 2.24) is 19.8 Å². The van der Waals surface area contributed by atoms with Gasteiger partial charge in [-0.15, -0.1) is 0 Å². The number of aromatic nitrogens is 2. The molecule has 1 aromatic carbocycles. The molecule has 2 aromatic heterocycles. The molecule has 3 aromatic rings. The normalized spacial score (nSPS) is 15.6. The van der Waals surface area contributed by atoms with Gasteiger partial charge >= 0.3 is 0 Å². The molecule has 0 N–H and O–H groups in total. The molecule has 3 heterocycles. The van der Waals surface area contributed by atoms with Gasteiger partial charge in [0, 0.05) is 38.9 Å². The summed E-state index contributed by atoms with van der Waals surface area (Å²) in [6.07, 6.45) is 5.33. The maximum absolute atomic E-state index is 13.0. The maximum atomic E-state index is 13.0. The van der Waals surface area contributed by atoms with Crippen molar-refractivity contribution in [3.63, 3.8) is 0 Å². The van der Waals surface area contributed by atoms with Gasteiger partial charge in [0.15, 0.2) is 5.82 Å². The lowest BCUT2D eigenvalue weighted by Crippen LogP contribution is -2.55. The molecule has 1 aliphatic rings. The number of amides is 2. The molecule has 0 aliphatic carbocycles. The van der Waals surface area contributed by atoms with Crippen LogP contribution in [0, 0.1) is 0 Å². The first-order valence-corrected chi connectivity index (χ1v) is 13.9. The highest BCUT2D eigenvalue weighted by Crippen LogP contribution is 2.37. The Kier molecular flexibility index (Phi) is 9.32. The molecule has 0 spiro atoms. The summed E-state index contributed by atoms with van der Waals surface area (Å²) in [7, 11) is 1.72. The van der Waals surface area contributed by atoms with Gasteiger partial charge in [0.1, 0.15) is 11.5 Å². The number of carbonyl (C=O) groups is 2. The molecule has 4 rings (SSSR count). The van der Waals surface area contributed by atoms with Crippen LogP contribution in [0.4, 0.5) is 11.5 Å². The third-order valence-corrected chi connectivity index (χ3v) is 7.53. The largest absolute Gasteiger partial charge is 0.350 e. The van der Waals surface area contributed by atoms with Crippen molar-refractivity contribution in [3.05, 3.63) is 83.0 Å². The van der Waals surface area contributed by atoms with E-state index in [1.54, 1.807) is 23.0 Å². The number of anilines is 2. The van der Waals surface area contributed by atoms with Crippen LogP contribution >= 0.6 is 11.6 Å². The number of aliphatic imine (C=N–C) groups is 1. The van der Waals surface area contributed by atoms with Crippen LogP contribution in [0.3, 0.4) is 0 Å². The lowest BCUT2D eigenvalue weighted by atomic mass is 10.0. The average Bonchev–Trinajstić information content (AvgIpc) is 2.99. The van der Waals surface area contributed by atoms with Crippen LogP contribution in [0.25, 0.3) is 11.4 Å². The third kappa shape index (κ3) is 5.63. The molecule has 208 valence electrons. The quantitative estimate of drug-likeness (QED) is 0.162. The average molecular weight is 559 g/mol. The van der Waals surface area contributed by atoms with Gasteiger partial charge in [-0.1, -0.05) is 56.3 Å². The van der Waals surface area contributed by atoms with Gasteiger partial charge in [0.05, 0.1) is 22.0 Å². The lowest BCUT2D eigenvalue weighted by molar-refractivity contribution is -0.128. The number of hydrogen-bond donors (Lipinski definition) is 0. The molecule has 40 heavy (non-hydrogen) atoms. The topological polar surface area (TPSA) is 82.0 Å². The molecule has 1 aliphatic heterocycles. The molecule has 1 saturated heterocycles. The number of nitrogens with zero attached hydrogens (tertiary/aromatic N) is 6. The zero-order valence-electron chi connectivity index (χ0n) is 23.5. The first kappa shape index (κ1) is 29.0. The Morgan fingerprint density at radius 2 is 1.90 bits per heavy atom. The van der Waals surface area contributed by atoms with E-state index < -0.39 is 0 Å². The molecule has 0 radical (unpaired) electrons. The highest BCUT2D eigenvalue weighted by atomic mass is 35.5. The van der Waals surface area contributed by atoms with Crippen LogP contribution in [-0.2, 0) is 22.4 Å². The Labute approximate surface area is 241 Å². The van der Waals surface area contributed by atoms with Gasteiger partial charge in [-0.3, -0.25) is 24.5 Å². The smallest absolute Gasteiger partial charge is 0.246 e. The fourth-order valence-corrected chi connectivity index (χ4v) is 5.50. The minimum Gasteiger partial charge on any atom is -0.350 e. The second kappa shape index (κ2) is 12.9. The minimum atomic E-state index is -0.0954. The number of rotatable bonds is 8. The Morgan fingerprint density at radius 3 is 2.45 bits per heavy atom.